The molecular weight excluding hydrogens is 553 g/mol. The normalized spacial score (nSPS) is 11.3. The molecule has 6 aromatic carbocycles. The highest BCUT2D eigenvalue weighted by atomic mass is 19.4. The van der Waals surface area contributed by atoms with Gasteiger partial charge < -0.3 is 9.80 Å². The Morgan fingerprint density at radius 1 is 0.409 bits per heavy atom. The summed E-state index contributed by atoms with van der Waals surface area (Å²) >= 11 is 0. The van der Waals surface area contributed by atoms with Gasteiger partial charge in [-0.1, -0.05) is 84.4 Å². The summed E-state index contributed by atoms with van der Waals surface area (Å²) in [5.74, 6) is 0. The zero-order valence-electron chi connectivity index (χ0n) is 24.5. The first-order valence-electron chi connectivity index (χ1n) is 14.4. The molecule has 0 saturated heterocycles. The van der Waals surface area contributed by atoms with Gasteiger partial charge in [0.2, 0.25) is 0 Å². The first-order valence-corrected chi connectivity index (χ1v) is 14.4. The molecule has 0 heterocycles. The van der Waals surface area contributed by atoms with Crippen LogP contribution in [-0.2, 0) is 6.18 Å². The van der Waals surface area contributed by atoms with Crippen LogP contribution in [0, 0.1) is 6.92 Å². The highest BCUT2D eigenvalue weighted by molar-refractivity contribution is 5.80. The number of benzene rings is 6. The number of hydrogen-bond acceptors (Lipinski definition) is 2. The van der Waals surface area contributed by atoms with Gasteiger partial charge in [-0.15, -0.1) is 0 Å². The van der Waals surface area contributed by atoms with E-state index in [-0.39, 0.29) is 0 Å². The number of nitrogens with zero attached hydrogens (tertiary/aromatic N) is 2. The number of para-hydroxylation sites is 1. The Hall–Kier alpha value is -5.29. The minimum absolute atomic E-state index is 0.654. The average Bonchev–Trinajstić information content (AvgIpc) is 3.06. The lowest BCUT2D eigenvalue weighted by molar-refractivity contribution is -0.137. The molecule has 0 amide bonds. The van der Waals surface area contributed by atoms with Crippen LogP contribution in [0.1, 0.15) is 11.1 Å². The standard InChI is InChI=1S/C39H31F3N2/c1-28-8-10-29(11-9-28)31-14-22-37(23-15-31)44(36-6-4-3-5-7-36)38-24-16-32(17-25-38)30-12-20-34(21-13-30)43(2)35-26-18-33(19-27-35)39(40,41)42/h3-27H,1-2H3. The van der Waals surface area contributed by atoms with Crippen molar-refractivity contribution in [2.24, 2.45) is 0 Å². The van der Waals surface area contributed by atoms with Crippen LogP contribution in [0.5, 0.6) is 0 Å². The lowest BCUT2D eigenvalue weighted by Crippen LogP contribution is -2.10. The van der Waals surface area contributed by atoms with Crippen molar-refractivity contribution in [1.29, 1.82) is 0 Å². The van der Waals surface area contributed by atoms with Gasteiger partial charge in [0.15, 0.2) is 0 Å². The summed E-state index contributed by atoms with van der Waals surface area (Å²) in [4.78, 5) is 4.11. The molecule has 0 aliphatic carbocycles. The molecule has 0 unspecified atom stereocenters. The van der Waals surface area contributed by atoms with E-state index in [1.54, 1.807) is 0 Å². The van der Waals surface area contributed by atoms with Gasteiger partial charge >= 0.3 is 6.18 Å². The number of alkyl halides is 3. The third kappa shape index (κ3) is 6.23. The Balaban J connectivity index is 1.23. The number of hydrogen-bond donors (Lipinski definition) is 0. The van der Waals surface area contributed by atoms with E-state index in [0.29, 0.717) is 5.69 Å². The average molecular weight is 585 g/mol. The zero-order chi connectivity index (χ0) is 30.7. The van der Waals surface area contributed by atoms with Crippen LogP contribution >= 0.6 is 0 Å². The lowest BCUT2D eigenvalue weighted by Gasteiger charge is -2.26. The van der Waals surface area contributed by atoms with Crippen molar-refractivity contribution in [2.75, 3.05) is 16.8 Å². The van der Waals surface area contributed by atoms with Crippen LogP contribution in [0.3, 0.4) is 0 Å². The molecular formula is C39H31F3N2. The molecule has 0 fully saturated rings. The number of rotatable bonds is 7. The molecule has 0 atom stereocenters. The van der Waals surface area contributed by atoms with E-state index >= 15 is 0 Å². The van der Waals surface area contributed by atoms with Gasteiger partial charge in [-0.2, -0.15) is 13.2 Å². The molecule has 6 aromatic rings. The number of aryl methyl sites for hydroxylation is 1. The summed E-state index contributed by atoms with van der Waals surface area (Å²) in [6, 6.07) is 49.2. The van der Waals surface area contributed by atoms with Crippen LogP contribution in [0.4, 0.5) is 41.6 Å². The monoisotopic (exact) mass is 584 g/mol. The summed E-state index contributed by atoms with van der Waals surface area (Å²) in [6.07, 6.45) is -4.35. The Morgan fingerprint density at radius 2 is 0.750 bits per heavy atom. The number of anilines is 5. The molecule has 0 radical (unpaired) electrons. The van der Waals surface area contributed by atoms with Gasteiger partial charge in [-0.05, 0) is 102 Å². The molecule has 0 aromatic heterocycles. The van der Waals surface area contributed by atoms with Crippen LogP contribution in [0.25, 0.3) is 22.3 Å². The van der Waals surface area contributed by atoms with E-state index in [2.05, 4.69) is 96.8 Å². The molecule has 0 aliphatic heterocycles. The summed E-state index contributed by atoms with van der Waals surface area (Å²) in [7, 11) is 1.85. The van der Waals surface area contributed by atoms with Crippen molar-refractivity contribution < 1.29 is 13.2 Å². The third-order valence-electron chi connectivity index (χ3n) is 7.82. The SMILES string of the molecule is Cc1ccc(-c2ccc(N(c3ccccc3)c3ccc(-c4ccc(N(C)c5ccc(C(F)(F)F)cc5)cc4)cc3)cc2)cc1. The fraction of sp³-hybridized carbons (Fsp3) is 0.0769. The summed E-state index contributed by atoms with van der Waals surface area (Å²) in [5.41, 5.74) is 9.81. The van der Waals surface area contributed by atoms with Crippen molar-refractivity contribution in [1.82, 2.24) is 0 Å². The first-order chi connectivity index (χ1) is 21.3. The summed E-state index contributed by atoms with van der Waals surface area (Å²) < 4.78 is 38.9. The van der Waals surface area contributed by atoms with E-state index in [1.807, 2.05) is 54.4 Å². The Kier molecular flexibility index (Phi) is 7.95. The van der Waals surface area contributed by atoms with Crippen molar-refractivity contribution in [2.45, 2.75) is 13.1 Å². The van der Waals surface area contributed by atoms with Gasteiger partial charge in [-0.3, -0.25) is 0 Å². The van der Waals surface area contributed by atoms with E-state index in [1.165, 1.54) is 28.8 Å². The van der Waals surface area contributed by atoms with E-state index in [9.17, 15) is 13.2 Å². The molecule has 0 saturated carbocycles. The molecule has 0 spiro atoms. The minimum atomic E-state index is -4.35. The third-order valence-corrected chi connectivity index (χ3v) is 7.82. The lowest BCUT2D eigenvalue weighted by atomic mass is 10.0. The smallest absolute Gasteiger partial charge is 0.345 e. The first kappa shape index (κ1) is 28.8. The molecule has 0 aliphatic rings. The maximum atomic E-state index is 13.0. The van der Waals surface area contributed by atoms with E-state index in [4.69, 9.17) is 0 Å². The highest BCUT2D eigenvalue weighted by Crippen LogP contribution is 2.37. The van der Waals surface area contributed by atoms with Gasteiger partial charge in [0.1, 0.15) is 0 Å². The Labute approximate surface area is 256 Å². The van der Waals surface area contributed by atoms with E-state index in [0.717, 1.165) is 46.0 Å². The Morgan fingerprint density at radius 3 is 1.16 bits per heavy atom. The number of halogens is 3. The van der Waals surface area contributed by atoms with Crippen LogP contribution in [0.15, 0.2) is 152 Å². The fourth-order valence-electron chi connectivity index (χ4n) is 5.28. The van der Waals surface area contributed by atoms with Gasteiger partial charge in [0, 0.05) is 35.5 Å². The van der Waals surface area contributed by atoms with Crippen molar-refractivity contribution in [3.63, 3.8) is 0 Å². The maximum absolute atomic E-state index is 13.0. The molecule has 218 valence electrons. The highest BCUT2D eigenvalue weighted by Gasteiger charge is 2.30. The van der Waals surface area contributed by atoms with Gasteiger partial charge in [0.25, 0.3) is 0 Å². The van der Waals surface area contributed by atoms with Crippen LogP contribution < -0.4 is 9.80 Å². The van der Waals surface area contributed by atoms with Gasteiger partial charge in [-0.25, -0.2) is 0 Å². The summed E-state index contributed by atoms with van der Waals surface area (Å²) in [5, 5.41) is 0. The second-order valence-electron chi connectivity index (χ2n) is 10.8. The fourth-order valence-corrected chi connectivity index (χ4v) is 5.28. The Bertz CT molecular complexity index is 1810. The largest absolute Gasteiger partial charge is 0.416 e. The molecule has 0 bridgehead atoms. The second-order valence-corrected chi connectivity index (χ2v) is 10.8. The maximum Gasteiger partial charge on any atom is 0.416 e. The minimum Gasteiger partial charge on any atom is -0.345 e. The summed E-state index contributed by atoms with van der Waals surface area (Å²) in [6.45, 7) is 2.09. The second kappa shape index (κ2) is 12.1. The molecule has 0 N–H and O–H groups in total. The topological polar surface area (TPSA) is 6.48 Å². The van der Waals surface area contributed by atoms with Crippen molar-refractivity contribution >= 4 is 28.4 Å². The molecule has 44 heavy (non-hydrogen) atoms. The quantitative estimate of drug-likeness (QED) is 0.184. The zero-order valence-corrected chi connectivity index (χ0v) is 24.5. The molecule has 5 heteroatoms. The van der Waals surface area contributed by atoms with Gasteiger partial charge in [0.05, 0.1) is 5.56 Å². The van der Waals surface area contributed by atoms with Crippen LogP contribution in [-0.4, -0.2) is 7.05 Å². The van der Waals surface area contributed by atoms with Crippen LogP contribution in [0.2, 0.25) is 0 Å². The molecule has 6 rings (SSSR count). The van der Waals surface area contributed by atoms with E-state index < -0.39 is 11.7 Å². The predicted octanol–water partition coefficient (Wildman–Crippen LogP) is 11.6. The molecule has 2 nitrogen and oxygen atoms in total. The predicted molar refractivity (Wildman–Crippen MR) is 176 cm³/mol. The van der Waals surface area contributed by atoms with Crippen molar-refractivity contribution in [3.8, 4) is 22.3 Å². The van der Waals surface area contributed by atoms with Crippen molar-refractivity contribution in [3.05, 3.63) is 163 Å².